The molecule has 0 saturated heterocycles. The van der Waals surface area contributed by atoms with Crippen LogP contribution in [0.25, 0.3) is 0 Å². The first-order chi connectivity index (χ1) is 15.3. The van der Waals surface area contributed by atoms with Gasteiger partial charge in [-0.3, -0.25) is 9.52 Å². The molecule has 1 aromatic heterocycles. The molecule has 0 aliphatic rings. The van der Waals surface area contributed by atoms with Crippen molar-refractivity contribution < 1.29 is 22.7 Å². The zero-order chi connectivity index (χ0) is 23.1. The van der Waals surface area contributed by atoms with Gasteiger partial charge in [0.15, 0.2) is 0 Å². The Morgan fingerprint density at radius 2 is 1.81 bits per heavy atom. The van der Waals surface area contributed by atoms with Crippen molar-refractivity contribution in [2.45, 2.75) is 31.3 Å². The van der Waals surface area contributed by atoms with E-state index in [1.807, 2.05) is 13.8 Å². The fourth-order valence-corrected chi connectivity index (χ4v) is 3.68. The van der Waals surface area contributed by atoms with Crippen LogP contribution < -0.4 is 19.5 Å². The van der Waals surface area contributed by atoms with Gasteiger partial charge in [0.2, 0.25) is 5.82 Å². The van der Waals surface area contributed by atoms with E-state index in [4.69, 9.17) is 9.47 Å². The van der Waals surface area contributed by atoms with E-state index in [0.717, 1.165) is 6.42 Å². The minimum atomic E-state index is -3.92. The Labute approximate surface area is 186 Å². The molecule has 0 saturated carbocycles. The van der Waals surface area contributed by atoms with Crippen LogP contribution in [0.5, 0.6) is 11.6 Å². The Morgan fingerprint density at radius 1 is 1.09 bits per heavy atom. The van der Waals surface area contributed by atoms with Gasteiger partial charge in [-0.05, 0) is 55.8 Å². The summed E-state index contributed by atoms with van der Waals surface area (Å²) in [6.07, 6.45) is 3.63. The Morgan fingerprint density at radius 3 is 2.50 bits per heavy atom. The summed E-state index contributed by atoms with van der Waals surface area (Å²) in [5.41, 5.74) is 0.873. The summed E-state index contributed by atoms with van der Waals surface area (Å²) >= 11 is 0. The lowest BCUT2D eigenvalue weighted by Crippen LogP contribution is -2.16. The van der Waals surface area contributed by atoms with Crippen molar-refractivity contribution in [1.82, 2.24) is 9.97 Å². The maximum atomic E-state index is 12.6. The topological polar surface area (TPSA) is 120 Å². The standard InChI is InChI=1S/C22H24N4O5S/c1-4-15(2)31-18-7-5-6-16(14-18)21(27)25-17-8-10-19(11-9-17)32(28,29)26-20-22(30-3)24-13-12-23-20/h5-15H,4H2,1-3H3,(H,23,26)(H,25,27). The van der Waals surface area contributed by atoms with E-state index in [2.05, 4.69) is 20.0 Å². The van der Waals surface area contributed by atoms with Crippen LogP contribution in [-0.4, -0.2) is 37.5 Å². The fraction of sp³-hybridized carbons (Fsp3) is 0.227. The van der Waals surface area contributed by atoms with Crippen molar-refractivity contribution in [3.05, 3.63) is 66.5 Å². The van der Waals surface area contributed by atoms with Crippen molar-refractivity contribution in [2.75, 3.05) is 17.1 Å². The van der Waals surface area contributed by atoms with E-state index < -0.39 is 10.0 Å². The van der Waals surface area contributed by atoms with Crippen LogP contribution in [0.4, 0.5) is 11.5 Å². The van der Waals surface area contributed by atoms with Gasteiger partial charge in [0.25, 0.3) is 21.8 Å². The van der Waals surface area contributed by atoms with Gasteiger partial charge in [0.1, 0.15) is 5.75 Å². The highest BCUT2D eigenvalue weighted by atomic mass is 32.2. The zero-order valence-electron chi connectivity index (χ0n) is 17.9. The number of carbonyl (C=O) groups is 1. The summed E-state index contributed by atoms with van der Waals surface area (Å²) < 4.78 is 38.4. The van der Waals surface area contributed by atoms with Crippen molar-refractivity contribution in [3.8, 4) is 11.6 Å². The number of aromatic nitrogens is 2. The quantitative estimate of drug-likeness (QED) is 0.504. The molecule has 3 rings (SSSR count). The van der Waals surface area contributed by atoms with E-state index in [0.29, 0.717) is 17.0 Å². The molecule has 0 radical (unpaired) electrons. The normalized spacial score (nSPS) is 12.0. The van der Waals surface area contributed by atoms with Crippen LogP contribution in [0.1, 0.15) is 30.6 Å². The molecule has 10 heteroatoms. The molecule has 0 spiro atoms. The number of carbonyl (C=O) groups excluding carboxylic acids is 1. The Bertz CT molecular complexity index is 1180. The van der Waals surface area contributed by atoms with Gasteiger partial charge in [0, 0.05) is 23.6 Å². The molecule has 9 nitrogen and oxygen atoms in total. The van der Waals surface area contributed by atoms with Crippen LogP contribution >= 0.6 is 0 Å². The van der Waals surface area contributed by atoms with E-state index in [-0.39, 0.29) is 28.6 Å². The lowest BCUT2D eigenvalue weighted by atomic mass is 10.2. The third-order valence-corrected chi connectivity index (χ3v) is 5.87. The summed E-state index contributed by atoms with van der Waals surface area (Å²) in [6.45, 7) is 3.97. The molecule has 0 bridgehead atoms. The van der Waals surface area contributed by atoms with Crippen molar-refractivity contribution in [1.29, 1.82) is 0 Å². The predicted octanol–water partition coefficient (Wildman–Crippen LogP) is 3.72. The average molecular weight is 457 g/mol. The number of hydrogen-bond donors (Lipinski definition) is 2. The third-order valence-electron chi connectivity index (χ3n) is 4.52. The van der Waals surface area contributed by atoms with E-state index in [1.54, 1.807) is 24.3 Å². The second-order valence-electron chi connectivity index (χ2n) is 6.86. The summed E-state index contributed by atoms with van der Waals surface area (Å²) in [7, 11) is -2.56. The molecule has 1 heterocycles. The van der Waals surface area contributed by atoms with Crippen LogP contribution in [-0.2, 0) is 10.0 Å². The number of amides is 1. The van der Waals surface area contributed by atoms with Crippen LogP contribution in [0.2, 0.25) is 0 Å². The van der Waals surface area contributed by atoms with Crippen LogP contribution in [0.3, 0.4) is 0 Å². The van der Waals surface area contributed by atoms with Crippen molar-refractivity contribution in [2.24, 2.45) is 0 Å². The second kappa shape index (κ2) is 10.1. The number of methoxy groups -OCH3 is 1. The highest BCUT2D eigenvalue weighted by molar-refractivity contribution is 7.92. The Hall–Kier alpha value is -3.66. The molecule has 2 aromatic carbocycles. The number of benzene rings is 2. The molecule has 2 N–H and O–H groups in total. The van der Waals surface area contributed by atoms with Crippen molar-refractivity contribution in [3.63, 3.8) is 0 Å². The molecule has 1 unspecified atom stereocenters. The summed E-state index contributed by atoms with van der Waals surface area (Å²) in [5, 5.41) is 2.75. The van der Waals surface area contributed by atoms with Gasteiger partial charge in [-0.15, -0.1) is 0 Å². The average Bonchev–Trinajstić information content (AvgIpc) is 2.79. The van der Waals surface area contributed by atoms with Crippen molar-refractivity contribution >= 4 is 27.4 Å². The molecule has 0 aliphatic heterocycles. The number of nitrogens with zero attached hydrogens (tertiary/aromatic N) is 2. The fourth-order valence-electron chi connectivity index (χ4n) is 2.68. The monoisotopic (exact) mass is 456 g/mol. The minimum absolute atomic E-state index is 0.00726. The van der Waals surface area contributed by atoms with E-state index in [1.165, 1.54) is 43.8 Å². The van der Waals surface area contributed by atoms with Gasteiger partial charge < -0.3 is 14.8 Å². The molecule has 3 aromatic rings. The summed E-state index contributed by atoms with van der Waals surface area (Å²) in [4.78, 5) is 20.4. The molecular weight excluding hydrogens is 432 g/mol. The number of rotatable bonds is 9. The van der Waals surface area contributed by atoms with Crippen LogP contribution in [0, 0.1) is 0 Å². The molecule has 1 atom stereocenters. The maximum Gasteiger partial charge on any atom is 0.263 e. The molecule has 168 valence electrons. The highest BCUT2D eigenvalue weighted by Crippen LogP contribution is 2.23. The molecular formula is C22H24N4O5S. The van der Waals surface area contributed by atoms with E-state index >= 15 is 0 Å². The van der Waals surface area contributed by atoms with Gasteiger partial charge in [-0.1, -0.05) is 13.0 Å². The minimum Gasteiger partial charge on any atom is -0.491 e. The Kier molecular flexibility index (Phi) is 7.26. The number of nitrogens with one attached hydrogen (secondary N) is 2. The number of hydrogen-bond acceptors (Lipinski definition) is 7. The van der Waals surface area contributed by atoms with Gasteiger partial charge in [-0.2, -0.15) is 0 Å². The largest absolute Gasteiger partial charge is 0.491 e. The predicted molar refractivity (Wildman–Crippen MR) is 121 cm³/mol. The summed E-state index contributed by atoms with van der Waals surface area (Å²) in [6, 6.07) is 12.6. The first-order valence-corrected chi connectivity index (χ1v) is 11.4. The van der Waals surface area contributed by atoms with Gasteiger partial charge in [-0.25, -0.2) is 18.4 Å². The molecule has 1 amide bonds. The summed E-state index contributed by atoms with van der Waals surface area (Å²) in [5.74, 6) is 0.308. The van der Waals surface area contributed by atoms with Crippen LogP contribution in [0.15, 0.2) is 65.8 Å². The zero-order valence-corrected chi connectivity index (χ0v) is 18.7. The lowest BCUT2D eigenvalue weighted by Gasteiger charge is -2.13. The highest BCUT2D eigenvalue weighted by Gasteiger charge is 2.18. The van der Waals surface area contributed by atoms with Gasteiger partial charge in [0.05, 0.1) is 18.1 Å². The molecule has 32 heavy (non-hydrogen) atoms. The molecule has 0 aliphatic carbocycles. The smallest absolute Gasteiger partial charge is 0.263 e. The molecule has 0 fully saturated rings. The number of ether oxygens (including phenoxy) is 2. The SMILES string of the molecule is CCC(C)Oc1cccc(C(=O)Nc2ccc(S(=O)(=O)Nc3nccnc3OC)cc2)c1. The first-order valence-electron chi connectivity index (χ1n) is 9.88. The van der Waals surface area contributed by atoms with E-state index in [9.17, 15) is 13.2 Å². The Balaban J connectivity index is 1.70. The maximum absolute atomic E-state index is 12.6. The lowest BCUT2D eigenvalue weighted by molar-refractivity contribution is 0.102. The number of anilines is 2. The van der Waals surface area contributed by atoms with Gasteiger partial charge >= 0.3 is 0 Å². The first kappa shape index (κ1) is 23.0. The second-order valence-corrected chi connectivity index (χ2v) is 8.55. The number of sulfonamides is 1. The third kappa shape index (κ3) is 5.73.